The second kappa shape index (κ2) is 9.67. The van der Waals surface area contributed by atoms with Gasteiger partial charge in [-0.25, -0.2) is 4.79 Å². The van der Waals surface area contributed by atoms with Crippen molar-refractivity contribution in [3.8, 4) is 0 Å². The Labute approximate surface area is 176 Å². The van der Waals surface area contributed by atoms with Gasteiger partial charge in [0.15, 0.2) is 0 Å². The highest BCUT2D eigenvalue weighted by molar-refractivity contribution is 7.16. The molecule has 7 nitrogen and oxygen atoms in total. The van der Waals surface area contributed by atoms with Crippen LogP contribution in [0.4, 0.5) is 18.2 Å². The maximum absolute atomic E-state index is 14.2. The molecule has 0 saturated heterocycles. The zero-order valence-electron chi connectivity index (χ0n) is 16.9. The predicted molar refractivity (Wildman–Crippen MR) is 106 cm³/mol. The van der Waals surface area contributed by atoms with Crippen LogP contribution in [0.5, 0.6) is 0 Å². The molecule has 1 aliphatic carbocycles. The summed E-state index contributed by atoms with van der Waals surface area (Å²) in [5.41, 5.74) is 2.44. The summed E-state index contributed by atoms with van der Waals surface area (Å²) in [5, 5.41) is 3.71. The number of halogens is 3. The number of esters is 1. The number of unbranched alkanes of at least 4 members (excludes halogenated alkanes) is 1. The highest BCUT2D eigenvalue weighted by Gasteiger charge is 2.64. The van der Waals surface area contributed by atoms with Crippen LogP contribution < -0.4 is 16.4 Å². The monoisotopic (exact) mass is 449 g/mol. The van der Waals surface area contributed by atoms with E-state index in [1.807, 2.05) is 0 Å². The Morgan fingerprint density at radius 2 is 1.83 bits per heavy atom. The molecular formula is C19H26F3N3O4S. The van der Waals surface area contributed by atoms with Crippen molar-refractivity contribution >= 4 is 34.1 Å². The Morgan fingerprint density at radius 3 is 2.40 bits per heavy atom. The van der Waals surface area contributed by atoms with Gasteiger partial charge in [0.25, 0.3) is 5.91 Å². The Morgan fingerprint density at radius 1 is 1.17 bits per heavy atom. The van der Waals surface area contributed by atoms with Gasteiger partial charge in [0.1, 0.15) is 5.00 Å². The second-order valence-corrected chi connectivity index (χ2v) is 8.13. The summed E-state index contributed by atoms with van der Waals surface area (Å²) in [6.45, 7) is 2.81. The molecule has 1 aromatic rings. The third-order valence-electron chi connectivity index (χ3n) is 4.81. The third kappa shape index (κ3) is 4.88. The minimum absolute atomic E-state index is 0.0737. The highest BCUT2D eigenvalue weighted by atomic mass is 32.1. The SMILES string of the molecule is CCCCC(=O)N[C@@](Nc1sc2c(c1C(N)=O)CCCC2)(C(=O)OCC)C(F)(F)F. The number of fused-ring (bicyclic) bond motifs is 1. The number of primary amides is 1. The molecule has 0 radical (unpaired) electrons. The minimum atomic E-state index is -5.25. The zero-order chi connectivity index (χ0) is 22.5. The molecule has 0 bridgehead atoms. The summed E-state index contributed by atoms with van der Waals surface area (Å²) in [5.74, 6) is -3.56. The summed E-state index contributed by atoms with van der Waals surface area (Å²) in [7, 11) is 0. The van der Waals surface area contributed by atoms with E-state index in [2.05, 4.69) is 10.1 Å². The van der Waals surface area contributed by atoms with E-state index in [0.717, 1.165) is 29.1 Å². The average Bonchev–Trinajstić information content (AvgIpc) is 3.02. The van der Waals surface area contributed by atoms with Gasteiger partial charge in [-0.1, -0.05) is 13.3 Å². The Bertz CT molecular complexity index is 810. The zero-order valence-corrected chi connectivity index (χ0v) is 17.7. The first-order chi connectivity index (χ1) is 14.1. The molecule has 1 aromatic heterocycles. The molecule has 1 heterocycles. The van der Waals surface area contributed by atoms with Crippen molar-refractivity contribution in [2.45, 2.75) is 70.6 Å². The van der Waals surface area contributed by atoms with Crippen molar-refractivity contribution in [2.24, 2.45) is 5.73 Å². The molecular weight excluding hydrogens is 423 g/mol. The van der Waals surface area contributed by atoms with E-state index >= 15 is 0 Å². The lowest BCUT2D eigenvalue weighted by Gasteiger charge is -2.35. The van der Waals surface area contributed by atoms with Crippen LogP contribution in [0, 0.1) is 0 Å². The lowest BCUT2D eigenvalue weighted by atomic mass is 9.95. The number of amides is 2. The number of carbonyl (C=O) groups excluding carboxylic acids is 3. The topological polar surface area (TPSA) is 111 Å². The van der Waals surface area contributed by atoms with Crippen LogP contribution in [-0.2, 0) is 27.2 Å². The van der Waals surface area contributed by atoms with E-state index in [1.54, 1.807) is 12.2 Å². The number of hydrogen-bond donors (Lipinski definition) is 3. The first-order valence-electron chi connectivity index (χ1n) is 9.84. The molecule has 168 valence electrons. The first kappa shape index (κ1) is 24.0. The fourth-order valence-corrected chi connectivity index (χ4v) is 4.67. The number of carbonyl (C=O) groups is 3. The number of hydrogen-bond acceptors (Lipinski definition) is 6. The smallest absolute Gasteiger partial charge is 0.441 e. The fraction of sp³-hybridized carbons (Fsp3) is 0.632. The van der Waals surface area contributed by atoms with Crippen LogP contribution in [0.25, 0.3) is 0 Å². The largest absolute Gasteiger partial charge is 0.463 e. The molecule has 0 unspecified atom stereocenters. The van der Waals surface area contributed by atoms with Crippen molar-refractivity contribution in [3.63, 3.8) is 0 Å². The number of ether oxygens (including phenoxy) is 1. The quantitative estimate of drug-likeness (QED) is 0.396. The van der Waals surface area contributed by atoms with E-state index in [0.29, 0.717) is 31.2 Å². The average molecular weight is 449 g/mol. The number of anilines is 1. The van der Waals surface area contributed by atoms with Gasteiger partial charge in [-0.15, -0.1) is 11.3 Å². The van der Waals surface area contributed by atoms with Crippen molar-refractivity contribution in [3.05, 3.63) is 16.0 Å². The maximum atomic E-state index is 14.2. The molecule has 1 atom stereocenters. The summed E-state index contributed by atoms with van der Waals surface area (Å²) in [6, 6.07) is 0. The molecule has 0 saturated carbocycles. The molecule has 0 aliphatic heterocycles. The van der Waals surface area contributed by atoms with Crippen LogP contribution in [0.1, 0.15) is 66.8 Å². The highest BCUT2D eigenvalue weighted by Crippen LogP contribution is 2.42. The molecule has 1 aliphatic rings. The van der Waals surface area contributed by atoms with Gasteiger partial charge in [-0.2, -0.15) is 13.2 Å². The summed E-state index contributed by atoms with van der Waals surface area (Å²) in [4.78, 5) is 37.5. The van der Waals surface area contributed by atoms with Crippen molar-refractivity contribution < 1.29 is 32.3 Å². The van der Waals surface area contributed by atoms with Gasteiger partial charge in [0.05, 0.1) is 12.2 Å². The molecule has 2 rings (SSSR count). The Kier molecular flexibility index (Phi) is 7.73. The number of rotatable bonds is 9. The number of nitrogens with one attached hydrogen (secondary N) is 2. The van der Waals surface area contributed by atoms with Gasteiger partial charge < -0.3 is 21.1 Å². The predicted octanol–water partition coefficient (Wildman–Crippen LogP) is 3.27. The van der Waals surface area contributed by atoms with E-state index in [9.17, 15) is 27.6 Å². The van der Waals surface area contributed by atoms with Gasteiger partial charge >= 0.3 is 17.8 Å². The van der Waals surface area contributed by atoms with Crippen molar-refractivity contribution in [1.82, 2.24) is 5.32 Å². The lowest BCUT2D eigenvalue weighted by Crippen LogP contribution is -2.69. The molecule has 11 heteroatoms. The molecule has 0 spiro atoms. The van der Waals surface area contributed by atoms with E-state index < -0.39 is 29.6 Å². The van der Waals surface area contributed by atoms with Crippen molar-refractivity contribution in [2.75, 3.05) is 11.9 Å². The lowest BCUT2D eigenvalue weighted by molar-refractivity contribution is -0.207. The van der Waals surface area contributed by atoms with Crippen LogP contribution in [0.2, 0.25) is 0 Å². The van der Waals surface area contributed by atoms with Gasteiger partial charge in [-0.05, 0) is 44.6 Å². The fourth-order valence-electron chi connectivity index (χ4n) is 3.32. The molecule has 2 amide bonds. The molecule has 0 aromatic carbocycles. The van der Waals surface area contributed by atoms with Crippen LogP contribution in [-0.4, -0.2) is 36.2 Å². The summed E-state index contributed by atoms with van der Waals surface area (Å²) >= 11 is 0.943. The standard InChI is InChI=1S/C19H26F3N3O4S/c1-3-5-10-13(26)24-18(19(20,21)22,17(28)29-4-2)25-16-14(15(23)27)11-8-6-7-9-12(11)30-16/h25H,3-10H2,1-2H3,(H2,23,27)(H,24,26)/t18-/m1/s1. The molecule has 30 heavy (non-hydrogen) atoms. The summed E-state index contributed by atoms with van der Waals surface area (Å²) in [6.07, 6.45) is -1.79. The Balaban J connectivity index is 2.56. The van der Waals surface area contributed by atoms with Gasteiger partial charge in [-0.3, -0.25) is 9.59 Å². The normalized spacial score (nSPS) is 15.6. The Hall–Kier alpha value is -2.30. The van der Waals surface area contributed by atoms with E-state index in [-0.39, 0.29) is 23.6 Å². The first-order valence-corrected chi connectivity index (χ1v) is 10.7. The van der Waals surface area contributed by atoms with Crippen LogP contribution in [0.15, 0.2) is 0 Å². The summed E-state index contributed by atoms with van der Waals surface area (Å²) < 4.78 is 47.4. The van der Waals surface area contributed by atoms with Gasteiger partial charge in [0, 0.05) is 11.3 Å². The molecule has 4 N–H and O–H groups in total. The maximum Gasteiger partial charge on any atom is 0.441 e. The second-order valence-electron chi connectivity index (χ2n) is 7.02. The van der Waals surface area contributed by atoms with Gasteiger partial charge in [0.2, 0.25) is 5.91 Å². The number of alkyl halides is 3. The number of thiophene rings is 1. The molecule has 0 fully saturated rings. The van der Waals surface area contributed by atoms with Crippen LogP contribution in [0.3, 0.4) is 0 Å². The van der Waals surface area contributed by atoms with E-state index in [4.69, 9.17) is 5.73 Å². The third-order valence-corrected chi connectivity index (χ3v) is 6.02. The van der Waals surface area contributed by atoms with Crippen LogP contribution >= 0.6 is 11.3 Å². The minimum Gasteiger partial charge on any atom is -0.463 e. The number of aryl methyl sites for hydroxylation is 1. The van der Waals surface area contributed by atoms with Crippen molar-refractivity contribution in [1.29, 1.82) is 0 Å². The number of nitrogens with two attached hydrogens (primary N) is 1. The van der Waals surface area contributed by atoms with E-state index in [1.165, 1.54) is 6.92 Å².